The van der Waals surface area contributed by atoms with Crippen LogP contribution in [0.2, 0.25) is 0 Å². The fourth-order valence-electron chi connectivity index (χ4n) is 4.36. The topological polar surface area (TPSA) is 78.0 Å². The van der Waals surface area contributed by atoms with Crippen LogP contribution in [0.25, 0.3) is 33.2 Å². The highest BCUT2D eigenvalue weighted by atomic mass is 32.1. The number of piperazine rings is 1. The highest BCUT2D eigenvalue weighted by Gasteiger charge is 2.22. The number of nitrogens with one attached hydrogen (secondary N) is 1. The van der Waals surface area contributed by atoms with Gasteiger partial charge in [0.05, 0.1) is 23.0 Å². The van der Waals surface area contributed by atoms with Crippen molar-refractivity contribution in [1.29, 1.82) is 0 Å². The monoisotopic (exact) mass is 454 g/mol. The van der Waals surface area contributed by atoms with Crippen LogP contribution in [-0.2, 0) is 6.54 Å². The van der Waals surface area contributed by atoms with Crippen LogP contribution in [0.4, 0.5) is 5.82 Å². The van der Waals surface area contributed by atoms with E-state index >= 15 is 0 Å². The van der Waals surface area contributed by atoms with E-state index in [9.17, 15) is 4.79 Å². The SMILES string of the molecule is O=c1[nH]c(CN2CCN(c3nc(-c4ccsc4)nc4ccccc34)CC2)nc2ccccc12. The molecule has 0 aliphatic carbocycles. The molecule has 3 aromatic heterocycles. The Hall–Kier alpha value is -3.62. The molecule has 8 heteroatoms. The summed E-state index contributed by atoms with van der Waals surface area (Å²) in [6, 6.07) is 17.7. The van der Waals surface area contributed by atoms with Crippen LogP contribution in [0, 0.1) is 0 Å². The quantitative estimate of drug-likeness (QED) is 0.444. The summed E-state index contributed by atoms with van der Waals surface area (Å²) >= 11 is 1.65. The second-order valence-electron chi connectivity index (χ2n) is 8.19. The standard InChI is InChI=1S/C25H22N6OS/c32-25-19-6-2-4-8-21(19)26-22(28-25)15-30-10-12-31(13-11-30)24-18-5-1-3-7-20(18)27-23(29-24)17-9-14-33-16-17/h1-9,14,16H,10-13,15H2,(H,26,28,32). The molecule has 1 aliphatic rings. The van der Waals surface area contributed by atoms with Crippen molar-refractivity contribution in [2.75, 3.05) is 31.1 Å². The fourth-order valence-corrected chi connectivity index (χ4v) is 5.00. The number of hydrogen-bond donors (Lipinski definition) is 1. The number of nitrogens with zero attached hydrogens (tertiary/aromatic N) is 5. The molecule has 5 aromatic rings. The Kier molecular flexibility index (Phi) is 5.09. The number of para-hydroxylation sites is 2. The first kappa shape index (κ1) is 20.0. The molecule has 0 saturated carbocycles. The number of hydrogen-bond acceptors (Lipinski definition) is 7. The normalized spacial score (nSPS) is 14.8. The Morgan fingerprint density at radius 2 is 1.58 bits per heavy atom. The third-order valence-corrected chi connectivity index (χ3v) is 6.75. The highest BCUT2D eigenvalue weighted by Crippen LogP contribution is 2.29. The maximum absolute atomic E-state index is 12.4. The van der Waals surface area contributed by atoms with Gasteiger partial charge in [0.1, 0.15) is 11.6 Å². The molecule has 0 atom stereocenters. The lowest BCUT2D eigenvalue weighted by molar-refractivity contribution is 0.244. The average molecular weight is 455 g/mol. The van der Waals surface area contributed by atoms with Gasteiger partial charge in [0.15, 0.2) is 5.82 Å². The second-order valence-corrected chi connectivity index (χ2v) is 8.97. The lowest BCUT2D eigenvalue weighted by Gasteiger charge is -2.35. The summed E-state index contributed by atoms with van der Waals surface area (Å²) < 4.78 is 0. The molecule has 0 spiro atoms. The van der Waals surface area contributed by atoms with Gasteiger partial charge in [-0.3, -0.25) is 9.69 Å². The number of aromatic amines is 1. The van der Waals surface area contributed by atoms with E-state index in [1.165, 1.54) is 0 Å². The third kappa shape index (κ3) is 3.88. The van der Waals surface area contributed by atoms with Crippen molar-refractivity contribution in [3.63, 3.8) is 0 Å². The Morgan fingerprint density at radius 1 is 0.848 bits per heavy atom. The molecule has 7 nitrogen and oxygen atoms in total. The molecule has 0 amide bonds. The zero-order chi connectivity index (χ0) is 22.2. The van der Waals surface area contributed by atoms with Gasteiger partial charge in [0, 0.05) is 42.5 Å². The zero-order valence-corrected chi connectivity index (χ0v) is 18.8. The first-order valence-electron chi connectivity index (χ1n) is 11.0. The van der Waals surface area contributed by atoms with E-state index in [0.717, 1.165) is 59.8 Å². The summed E-state index contributed by atoms with van der Waals surface area (Å²) in [6.45, 7) is 4.05. The van der Waals surface area contributed by atoms with Crippen LogP contribution in [-0.4, -0.2) is 51.0 Å². The predicted molar refractivity (Wildman–Crippen MR) is 133 cm³/mol. The van der Waals surface area contributed by atoms with E-state index in [1.54, 1.807) is 17.4 Å². The largest absolute Gasteiger partial charge is 0.353 e. The third-order valence-electron chi connectivity index (χ3n) is 6.07. The van der Waals surface area contributed by atoms with E-state index in [0.29, 0.717) is 17.8 Å². The second kappa shape index (κ2) is 8.38. The van der Waals surface area contributed by atoms with Gasteiger partial charge < -0.3 is 9.88 Å². The number of thiophene rings is 1. The summed E-state index contributed by atoms with van der Waals surface area (Å²) in [4.78, 5) is 34.4. The fraction of sp³-hybridized carbons (Fsp3) is 0.200. The minimum absolute atomic E-state index is 0.0809. The van der Waals surface area contributed by atoms with Gasteiger partial charge in [-0.2, -0.15) is 11.3 Å². The van der Waals surface area contributed by atoms with E-state index in [2.05, 4.69) is 42.7 Å². The highest BCUT2D eigenvalue weighted by molar-refractivity contribution is 7.08. The summed E-state index contributed by atoms with van der Waals surface area (Å²) in [7, 11) is 0. The van der Waals surface area contributed by atoms with Crippen molar-refractivity contribution in [2.24, 2.45) is 0 Å². The molecule has 2 aromatic carbocycles. The summed E-state index contributed by atoms with van der Waals surface area (Å²) in [5, 5.41) is 5.84. The molecule has 1 aliphatic heterocycles. The Morgan fingerprint density at radius 3 is 2.33 bits per heavy atom. The van der Waals surface area contributed by atoms with Crippen LogP contribution in [0.15, 0.2) is 70.2 Å². The molecule has 0 bridgehead atoms. The van der Waals surface area contributed by atoms with Gasteiger partial charge in [-0.1, -0.05) is 24.3 Å². The maximum Gasteiger partial charge on any atom is 0.258 e. The van der Waals surface area contributed by atoms with E-state index in [4.69, 9.17) is 9.97 Å². The molecule has 4 heterocycles. The number of rotatable bonds is 4. The molecular weight excluding hydrogens is 432 g/mol. The number of anilines is 1. The summed E-state index contributed by atoms with van der Waals surface area (Å²) in [6.07, 6.45) is 0. The van der Waals surface area contributed by atoms with Gasteiger partial charge >= 0.3 is 0 Å². The minimum Gasteiger partial charge on any atom is -0.353 e. The number of aromatic nitrogens is 4. The van der Waals surface area contributed by atoms with Gasteiger partial charge in [-0.15, -0.1) is 0 Å². The maximum atomic E-state index is 12.4. The first-order chi connectivity index (χ1) is 16.2. The van der Waals surface area contributed by atoms with Crippen molar-refractivity contribution >= 4 is 39.0 Å². The summed E-state index contributed by atoms with van der Waals surface area (Å²) in [5.74, 6) is 2.46. The molecule has 33 heavy (non-hydrogen) atoms. The number of H-pyrrole nitrogens is 1. The molecule has 1 saturated heterocycles. The molecule has 1 fully saturated rings. The minimum atomic E-state index is -0.0809. The Balaban J connectivity index is 1.24. The number of benzene rings is 2. The molecule has 0 unspecified atom stereocenters. The average Bonchev–Trinajstić information content (AvgIpc) is 3.39. The van der Waals surface area contributed by atoms with E-state index < -0.39 is 0 Å². The van der Waals surface area contributed by atoms with Gasteiger partial charge in [-0.25, -0.2) is 15.0 Å². The molecule has 6 rings (SSSR count). The smallest absolute Gasteiger partial charge is 0.258 e. The molecule has 164 valence electrons. The van der Waals surface area contributed by atoms with Crippen molar-refractivity contribution < 1.29 is 0 Å². The van der Waals surface area contributed by atoms with Crippen molar-refractivity contribution in [2.45, 2.75) is 6.54 Å². The lowest BCUT2D eigenvalue weighted by Crippen LogP contribution is -2.46. The van der Waals surface area contributed by atoms with Gasteiger partial charge in [-0.05, 0) is 35.7 Å². The van der Waals surface area contributed by atoms with Crippen LogP contribution < -0.4 is 10.5 Å². The molecule has 1 N–H and O–H groups in total. The predicted octanol–water partition coefficient (Wildman–Crippen LogP) is 3.92. The Bertz CT molecular complexity index is 1490. The van der Waals surface area contributed by atoms with Crippen molar-refractivity contribution in [3.8, 4) is 11.4 Å². The van der Waals surface area contributed by atoms with Crippen LogP contribution in [0.5, 0.6) is 0 Å². The zero-order valence-electron chi connectivity index (χ0n) is 17.9. The molecule has 0 radical (unpaired) electrons. The van der Waals surface area contributed by atoms with Gasteiger partial charge in [0.25, 0.3) is 5.56 Å². The van der Waals surface area contributed by atoms with Gasteiger partial charge in [0.2, 0.25) is 0 Å². The Labute approximate surface area is 194 Å². The summed E-state index contributed by atoms with van der Waals surface area (Å²) in [5.41, 5.74) is 2.67. The van der Waals surface area contributed by atoms with Crippen LogP contribution in [0.1, 0.15) is 5.82 Å². The van der Waals surface area contributed by atoms with Crippen molar-refractivity contribution in [1.82, 2.24) is 24.8 Å². The number of fused-ring (bicyclic) bond motifs is 2. The van der Waals surface area contributed by atoms with Crippen molar-refractivity contribution in [3.05, 3.63) is 81.5 Å². The van der Waals surface area contributed by atoms with Crippen LogP contribution >= 0.6 is 11.3 Å². The van der Waals surface area contributed by atoms with E-state index in [1.807, 2.05) is 36.4 Å². The lowest BCUT2D eigenvalue weighted by atomic mass is 10.2. The van der Waals surface area contributed by atoms with Crippen LogP contribution in [0.3, 0.4) is 0 Å². The van der Waals surface area contributed by atoms with E-state index in [-0.39, 0.29) is 5.56 Å². The molecular formula is C25H22N6OS. The first-order valence-corrected chi connectivity index (χ1v) is 11.9.